The van der Waals surface area contributed by atoms with Crippen LogP contribution in [0.25, 0.3) is 0 Å². The van der Waals surface area contributed by atoms with E-state index in [9.17, 15) is 9.59 Å². The lowest BCUT2D eigenvalue weighted by atomic mass is 9.86. The molecule has 1 aliphatic heterocycles. The molecule has 1 aromatic carbocycles. The zero-order valence-electron chi connectivity index (χ0n) is 16.8. The highest BCUT2D eigenvalue weighted by atomic mass is 16.2. The Labute approximate surface area is 163 Å². The largest absolute Gasteiger partial charge is 0.378 e. The van der Waals surface area contributed by atoms with Gasteiger partial charge in [-0.15, -0.1) is 0 Å². The molecular formula is C22H33N3O2. The minimum absolute atomic E-state index is 0.0645. The summed E-state index contributed by atoms with van der Waals surface area (Å²) >= 11 is 0. The summed E-state index contributed by atoms with van der Waals surface area (Å²) in [6.45, 7) is 2.57. The van der Waals surface area contributed by atoms with Crippen LogP contribution >= 0.6 is 0 Å². The van der Waals surface area contributed by atoms with E-state index in [1.54, 1.807) is 0 Å². The SMILES string of the molecule is CN(C)c1ccc(C(=O)N2CCN(C(=O)CCC3CCCCC3)CC2)cc1. The Morgan fingerprint density at radius 1 is 0.926 bits per heavy atom. The van der Waals surface area contributed by atoms with Crippen LogP contribution in [0.2, 0.25) is 0 Å². The van der Waals surface area contributed by atoms with Crippen molar-refractivity contribution in [3.05, 3.63) is 29.8 Å². The van der Waals surface area contributed by atoms with Crippen molar-refractivity contribution in [1.29, 1.82) is 0 Å². The summed E-state index contributed by atoms with van der Waals surface area (Å²) in [5, 5.41) is 0. The number of hydrogen-bond donors (Lipinski definition) is 0. The molecule has 0 N–H and O–H groups in total. The second-order valence-electron chi connectivity index (χ2n) is 8.16. The molecule has 0 bridgehead atoms. The van der Waals surface area contributed by atoms with Crippen molar-refractivity contribution in [2.75, 3.05) is 45.2 Å². The third kappa shape index (κ3) is 5.24. The van der Waals surface area contributed by atoms with E-state index < -0.39 is 0 Å². The molecule has 0 aromatic heterocycles. The lowest BCUT2D eigenvalue weighted by molar-refractivity contribution is -0.133. The molecule has 1 aliphatic carbocycles. The summed E-state index contributed by atoms with van der Waals surface area (Å²) in [6, 6.07) is 7.72. The monoisotopic (exact) mass is 371 g/mol. The predicted molar refractivity (Wildman–Crippen MR) is 109 cm³/mol. The minimum atomic E-state index is 0.0645. The molecule has 5 nitrogen and oxygen atoms in total. The van der Waals surface area contributed by atoms with Crippen LogP contribution in [0.5, 0.6) is 0 Å². The van der Waals surface area contributed by atoms with Crippen molar-refractivity contribution < 1.29 is 9.59 Å². The molecule has 1 aromatic rings. The van der Waals surface area contributed by atoms with Crippen LogP contribution in [0.3, 0.4) is 0 Å². The lowest BCUT2D eigenvalue weighted by Crippen LogP contribution is -2.50. The summed E-state index contributed by atoms with van der Waals surface area (Å²) in [6.07, 6.45) is 8.31. The second-order valence-corrected chi connectivity index (χ2v) is 8.16. The van der Waals surface area contributed by atoms with Crippen LogP contribution in [-0.4, -0.2) is 61.9 Å². The Balaban J connectivity index is 1.44. The van der Waals surface area contributed by atoms with E-state index in [2.05, 4.69) is 0 Å². The van der Waals surface area contributed by atoms with E-state index in [1.807, 2.05) is 53.1 Å². The predicted octanol–water partition coefficient (Wildman–Crippen LogP) is 3.40. The van der Waals surface area contributed by atoms with E-state index >= 15 is 0 Å². The standard InChI is InChI=1S/C22H33N3O2/c1-23(2)20-11-9-19(10-12-20)22(27)25-16-14-24(15-17-25)21(26)13-8-18-6-4-3-5-7-18/h9-12,18H,3-8,13-17H2,1-2H3. The Morgan fingerprint density at radius 3 is 2.11 bits per heavy atom. The van der Waals surface area contributed by atoms with Gasteiger partial charge in [-0.05, 0) is 36.6 Å². The van der Waals surface area contributed by atoms with Crippen LogP contribution in [0.15, 0.2) is 24.3 Å². The molecule has 1 saturated carbocycles. The summed E-state index contributed by atoms with van der Waals surface area (Å²) < 4.78 is 0. The molecular weight excluding hydrogens is 338 g/mol. The van der Waals surface area contributed by atoms with Crippen molar-refractivity contribution in [1.82, 2.24) is 9.80 Å². The van der Waals surface area contributed by atoms with Gasteiger partial charge in [0.05, 0.1) is 0 Å². The number of rotatable bonds is 5. The molecule has 2 amide bonds. The smallest absolute Gasteiger partial charge is 0.253 e. The quantitative estimate of drug-likeness (QED) is 0.797. The number of benzene rings is 1. The van der Waals surface area contributed by atoms with Gasteiger partial charge >= 0.3 is 0 Å². The first-order valence-electron chi connectivity index (χ1n) is 10.4. The lowest BCUT2D eigenvalue weighted by Gasteiger charge is -2.35. The zero-order chi connectivity index (χ0) is 19.2. The summed E-state index contributed by atoms with van der Waals surface area (Å²) in [5.74, 6) is 1.08. The Morgan fingerprint density at radius 2 is 1.52 bits per heavy atom. The average Bonchev–Trinajstić information content (AvgIpc) is 2.72. The van der Waals surface area contributed by atoms with E-state index in [4.69, 9.17) is 0 Å². The Kier molecular flexibility index (Phi) is 6.75. The number of carbonyl (C=O) groups excluding carboxylic acids is 2. The fraction of sp³-hybridized carbons (Fsp3) is 0.636. The molecule has 5 heteroatoms. The normalized spacial score (nSPS) is 18.4. The van der Waals surface area contributed by atoms with Crippen LogP contribution in [0, 0.1) is 5.92 Å². The zero-order valence-corrected chi connectivity index (χ0v) is 16.8. The van der Waals surface area contributed by atoms with Gasteiger partial charge in [0.15, 0.2) is 0 Å². The van der Waals surface area contributed by atoms with Crippen molar-refractivity contribution in [3.8, 4) is 0 Å². The van der Waals surface area contributed by atoms with Crippen molar-refractivity contribution in [3.63, 3.8) is 0 Å². The van der Waals surface area contributed by atoms with Gasteiger partial charge in [0.1, 0.15) is 0 Å². The van der Waals surface area contributed by atoms with Crippen LogP contribution in [0.4, 0.5) is 5.69 Å². The fourth-order valence-electron chi connectivity index (χ4n) is 4.21. The van der Waals surface area contributed by atoms with Gasteiger partial charge in [-0.3, -0.25) is 9.59 Å². The van der Waals surface area contributed by atoms with Gasteiger partial charge in [-0.2, -0.15) is 0 Å². The topological polar surface area (TPSA) is 43.9 Å². The van der Waals surface area contributed by atoms with E-state index in [0.717, 1.165) is 23.6 Å². The first-order valence-corrected chi connectivity index (χ1v) is 10.4. The fourth-order valence-corrected chi connectivity index (χ4v) is 4.21. The molecule has 1 heterocycles. The number of amides is 2. The first-order chi connectivity index (χ1) is 13.0. The molecule has 2 aliphatic rings. The highest BCUT2D eigenvalue weighted by molar-refractivity contribution is 5.94. The van der Waals surface area contributed by atoms with Gasteiger partial charge < -0.3 is 14.7 Å². The molecule has 0 atom stereocenters. The summed E-state index contributed by atoms with van der Waals surface area (Å²) in [7, 11) is 3.97. The molecule has 0 spiro atoms. The van der Waals surface area contributed by atoms with Crippen molar-refractivity contribution >= 4 is 17.5 Å². The van der Waals surface area contributed by atoms with Gasteiger partial charge in [0, 0.05) is 57.9 Å². The maximum Gasteiger partial charge on any atom is 0.253 e. The molecule has 0 unspecified atom stereocenters. The minimum Gasteiger partial charge on any atom is -0.378 e. The molecule has 27 heavy (non-hydrogen) atoms. The van der Waals surface area contributed by atoms with Crippen LogP contribution in [-0.2, 0) is 4.79 Å². The van der Waals surface area contributed by atoms with Gasteiger partial charge in [0.25, 0.3) is 5.91 Å². The highest BCUT2D eigenvalue weighted by Crippen LogP contribution is 2.27. The van der Waals surface area contributed by atoms with Crippen molar-refractivity contribution in [2.45, 2.75) is 44.9 Å². The maximum absolute atomic E-state index is 12.7. The van der Waals surface area contributed by atoms with Gasteiger partial charge in [-0.1, -0.05) is 32.1 Å². The highest BCUT2D eigenvalue weighted by Gasteiger charge is 2.25. The first kappa shape index (κ1) is 19.7. The number of hydrogen-bond acceptors (Lipinski definition) is 3. The Hall–Kier alpha value is -2.04. The number of carbonyl (C=O) groups is 2. The molecule has 0 radical (unpaired) electrons. The third-order valence-corrected chi connectivity index (χ3v) is 6.04. The number of anilines is 1. The Bertz CT molecular complexity index is 627. The molecule has 1 saturated heterocycles. The van der Waals surface area contributed by atoms with E-state index in [-0.39, 0.29) is 11.8 Å². The van der Waals surface area contributed by atoms with Gasteiger partial charge in [-0.25, -0.2) is 0 Å². The average molecular weight is 372 g/mol. The summed E-state index contributed by atoms with van der Waals surface area (Å²) in [4.78, 5) is 31.0. The van der Waals surface area contributed by atoms with Gasteiger partial charge in [0.2, 0.25) is 5.91 Å². The molecule has 3 rings (SSSR count). The second kappa shape index (κ2) is 9.25. The molecule has 2 fully saturated rings. The molecule has 148 valence electrons. The van der Waals surface area contributed by atoms with E-state index in [1.165, 1.54) is 32.1 Å². The maximum atomic E-state index is 12.7. The van der Waals surface area contributed by atoms with E-state index in [0.29, 0.717) is 32.6 Å². The number of piperazine rings is 1. The van der Waals surface area contributed by atoms with Crippen LogP contribution in [0.1, 0.15) is 55.3 Å². The third-order valence-electron chi connectivity index (χ3n) is 6.04. The number of nitrogens with zero attached hydrogens (tertiary/aromatic N) is 3. The van der Waals surface area contributed by atoms with Crippen molar-refractivity contribution in [2.24, 2.45) is 5.92 Å². The van der Waals surface area contributed by atoms with Crippen LogP contribution < -0.4 is 4.90 Å². The summed E-state index contributed by atoms with van der Waals surface area (Å²) in [5.41, 5.74) is 1.80.